The van der Waals surface area contributed by atoms with Crippen LogP contribution in [-0.2, 0) is 6.54 Å². The van der Waals surface area contributed by atoms with Gasteiger partial charge in [0.1, 0.15) is 11.6 Å². The predicted molar refractivity (Wildman–Crippen MR) is 76.4 cm³/mol. The predicted octanol–water partition coefficient (Wildman–Crippen LogP) is 3.52. The second kappa shape index (κ2) is 6.57. The van der Waals surface area contributed by atoms with Crippen LogP contribution in [0.25, 0.3) is 0 Å². The number of ether oxygens (including phenoxy) is 1. The first kappa shape index (κ1) is 14.6. The van der Waals surface area contributed by atoms with E-state index in [0.29, 0.717) is 17.9 Å². The lowest BCUT2D eigenvalue weighted by atomic mass is 10.1. The van der Waals surface area contributed by atoms with Crippen LogP contribution in [0.1, 0.15) is 37.0 Å². The minimum atomic E-state index is -0.443. The lowest BCUT2D eigenvalue weighted by Gasteiger charge is -2.08. The molecule has 4 heteroatoms. The summed E-state index contributed by atoms with van der Waals surface area (Å²) in [6, 6.07) is 6.72. The van der Waals surface area contributed by atoms with Crippen molar-refractivity contribution in [3.63, 3.8) is 0 Å². The van der Waals surface area contributed by atoms with Crippen LogP contribution in [0.15, 0.2) is 36.7 Å². The summed E-state index contributed by atoms with van der Waals surface area (Å²) in [5.74, 6) is 0.228. The van der Waals surface area contributed by atoms with E-state index in [1.54, 1.807) is 12.1 Å². The number of halogens is 1. The molecule has 1 N–H and O–H groups in total. The Labute approximate surface area is 118 Å². The zero-order chi connectivity index (χ0) is 14.5. The molecule has 0 fully saturated rings. The van der Waals surface area contributed by atoms with Crippen molar-refractivity contribution in [1.29, 1.82) is 0 Å². The number of rotatable bonds is 6. The highest BCUT2D eigenvalue weighted by Gasteiger charge is 2.09. The molecule has 1 aromatic carbocycles. The second-order valence-corrected chi connectivity index (χ2v) is 4.88. The van der Waals surface area contributed by atoms with E-state index in [2.05, 4.69) is 0 Å². The molecule has 2 rings (SSSR count). The van der Waals surface area contributed by atoms with E-state index in [0.717, 1.165) is 18.4 Å². The average Bonchev–Trinajstić information content (AvgIpc) is 2.90. The fraction of sp³-hybridized carbons (Fsp3) is 0.375. The van der Waals surface area contributed by atoms with Crippen molar-refractivity contribution in [2.45, 2.75) is 32.4 Å². The lowest BCUT2D eigenvalue weighted by Crippen LogP contribution is -2.00. The van der Waals surface area contributed by atoms with Gasteiger partial charge in [0.25, 0.3) is 0 Å². The Hall–Kier alpha value is -1.81. The first-order valence-electron chi connectivity index (χ1n) is 6.80. The Morgan fingerprint density at radius 2 is 2.15 bits per heavy atom. The molecular weight excluding hydrogens is 257 g/mol. The van der Waals surface area contributed by atoms with Gasteiger partial charge < -0.3 is 14.4 Å². The van der Waals surface area contributed by atoms with E-state index in [1.807, 2.05) is 30.0 Å². The summed E-state index contributed by atoms with van der Waals surface area (Å²) < 4.78 is 20.7. The van der Waals surface area contributed by atoms with Crippen molar-refractivity contribution in [1.82, 2.24) is 4.57 Å². The molecule has 2 aromatic rings. The van der Waals surface area contributed by atoms with Crippen LogP contribution >= 0.6 is 0 Å². The molecule has 1 atom stereocenters. The summed E-state index contributed by atoms with van der Waals surface area (Å²) in [7, 11) is 1.52. The number of methoxy groups -OCH3 is 1. The van der Waals surface area contributed by atoms with E-state index < -0.39 is 6.10 Å². The van der Waals surface area contributed by atoms with Crippen molar-refractivity contribution in [3.8, 4) is 5.75 Å². The topological polar surface area (TPSA) is 34.4 Å². The van der Waals surface area contributed by atoms with E-state index in [1.165, 1.54) is 13.2 Å². The van der Waals surface area contributed by atoms with Crippen molar-refractivity contribution >= 4 is 0 Å². The van der Waals surface area contributed by atoms with Crippen LogP contribution in [-0.4, -0.2) is 16.8 Å². The normalized spacial score (nSPS) is 12.4. The number of hydrogen-bond donors (Lipinski definition) is 1. The zero-order valence-corrected chi connectivity index (χ0v) is 11.8. The maximum atomic E-state index is 13.9. The second-order valence-electron chi connectivity index (χ2n) is 4.88. The third-order valence-electron chi connectivity index (χ3n) is 3.33. The van der Waals surface area contributed by atoms with Crippen molar-refractivity contribution in [3.05, 3.63) is 53.6 Å². The third kappa shape index (κ3) is 3.39. The number of aliphatic hydroxyl groups is 1. The minimum Gasteiger partial charge on any atom is -0.497 e. The van der Waals surface area contributed by atoms with Gasteiger partial charge in [-0.25, -0.2) is 4.39 Å². The molecule has 0 aliphatic carbocycles. The monoisotopic (exact) mass is 277 g/mol. The molecule has 1 aromatic heterocycles. The van der Waals surface area contributed by atoms with Crippen molar-refractivity contribution < 1.29 is 14.2 Å². The van der Waals surface area contributed by atoms with Gasteiger partial charge in [0, 0.05) is 30.6 Å². The molecule has 0 aliphatic heterocycles. The van der Waals surface area contributed by atoms with E-state index in [4.69, 9.17) is 4.74 Å². The number of benzene rings is 1. The van der Waals surface area contributed by atoms with Gasteiger partial charge >= 0.3 is 0 Å². The van der Waals surface area contributed by atoms with Crippen LogP contribution in [0.2, 0.25) is 0 Å². The Morgan fingerprint density at radius 1 is 1.35 bits per heavy atom. The number of aliphatic hydroxyl groups excluding tert-OH is 1. The van der Waals surface area contributed by atoms with Crippen LogP contribution in [0.4, 0.5) is 4.39 Å². The number of aromatic nitrogens is 1. The lowest BCUT2D eigenvalue weighted by molar-refractivity contribution is 0.166. The summed E-state index contributed by atoms with van der Waals surface area (Å²) >= 11 is 0. The molecular formula is C16H20FNO2. The summed E-state index contributed by atoms with van der Waals surface area (Å²) in [5, 5.41) is 9.92. The Kier molecular flexibility index (Phi) is 4.79. The highest BCUT2D eigenvalue weighted by Crippen LogP contribution is 2.21. The largest absolute Gasteiger partial charge is 0.497 e. The first-order chi connectivity index (χ1) is 9.63. The molecule has 0 aliphatic rings. The van der Waals surface area contributed by atoms with Gasteiger partial charge in [-0.1, -0.05) is 19.4 Å². The molecule has 20 heavy (non-hydrogen) atoms. The maximum absolute atomic E-state index is 13.9. The average molecular weight is 277 g/mol. The standard InChI is InChI=1S/C16H20FNO2/c1-3-4-16(19)13-7-8-18(11-13)10-12-5-6-14(20-2)9-15(12)17/h5-9,11,16,19H,3-4,10H2,1-2H3. The summed E-state index contributed by atoms with van der Waals surface area (Å²) in [6.45, 7) is 2.47. The molecule has 0 amide bonds. The smallest absolute Gasteiger partial charge is 0.131 e. The summed E-state index contributed by atoms with van der Waals surface area (Å²) in [5.41, 5.74) is 1.47. The SMILES string of the molecule is CCCC(O)c1ccn(Cc2ccc(OC)cc2F)c1. The van der Waals surface area contributed by atoms with Gasteiger partial charge in [-0.2, -0.15) is 0 Å². The number of nitrogens with zero attached hydrogens (tertiary/aromatic N) is 1. The van der Waals surface area contributed by atoms with Gasteiger partial charge in [0.2, 0.25) is 0 Å². The fourth-order valence-electron chi connectivity index (χ4n) is 2.17. The molecule has 108 valence electrons. The van der Waals surface area contributed by atoms with Gasteiger partial charge in [0.15, 0.2) is 0 Å². The van der Waals surface area contributed by atoms with Gasteiger partial charge in [-0.3, -0.25) is 0 Å². The molecule has 3 nitrogen and oxygen atoms in total. The molecule has 0 spiro atoms. The van der Waals surface area contributed by atoms with E-state index in [9.17, 15) is 9.50 Å². The van der Waals surface area contributed by atoms with Gasteiger partial charge in [0.05, 0.1) is 13.2 Å². The first-order valence-corrected chi connectivity index (χ1v) is 6.80. The Bertz CT molecular complexity index is 565. The summed E-state index contributed by atoms with van der Waals surface area (Å²) in [6.07, 6.45) is 4.95. The molecule has 0 saturated carbocycles. The quantitative estimate of drug-likeness (QED) is 0.876. The van der Waals surface area contributed by atoms with E-state index in [-0.39, 0.29) is 5.82 Å². The van der Waals surface area contributed by atoms with Crippen LogP contribution in [0.3, 0.4) is 0 Å². The van der Waals surface area contributed by atoms with E-state index >= 15 is 0 Å². The Balaban J connectivity index is 2.10. The third-order valence-corrected chi connectivity index (χ3v) is 3.33. The Morgan fingerprint density at radius 3 is 2.80 bits per heavy atom. The van der Waals surface area contributed by atoms with Gasteiger partial charge in [-0.05, 0) is 24.1 Å². The van der Waals surface area contributed by atoms with Crippen LogP contribution in [0.5, 0.6) is 5.75 Å². The zero-order valence-electron chi connectivity index (χ0n) is 11.8. The van der Waals surface area contributed by atoms with Crippen LogP contribution in [0, 0.1) is 5.82 Å². The molecule has 1 heterocycles. The highest BCUT2D eigenvalue weighted by molar-refractivity contribution is 5.29. The van der Waals surface area contributed by atoms with Crippen molar-refractivity contribution in [2.24, 2.45) is 0 Å². The molecule has 0 bridgehead atoms. The summed E-state index contributed by atoms with van der Waals surface area (Å²) in [4.78, 5) is 0. The van der Waals surface area contributed by atoms with Gasteiger partial charge in [-0.15, -0.1) is 0 Å². The minimum absolute atomic E-state index is 0.284. The van der Waals surface area contributed by atoms with Crippen molar-refractivity contribution in [2.75, 3.05) is 7.11 Å². The number of hydrogen-bond acceptors (Lipinski definition) is 2. The molecule has 1 unspecified atom stereocenters. The molecule has 0 radical (unpaired) electrons. The maximum Gasteiger partial charge on any atom is 0.131 e. The molecule has 0 saturated heterocycles. The van der Waals surface area contributed by atoms with Crippen LogP contribution < -0.4 is 4.74 Å². The fourth-order valence-corrected chi connectivity index (χ4v) is 2.17. The highest BCUT2D eigenvalue weighted by atomic mass is 19.1.